The quantitative estimate of drug-likeness (QED) is 0.177. The average molecular weight is 566 g/mol. The Kier molecular flexibility index (Phi) is 6.69. The van der Waals surface area contributed by atoms with Crippen LogP contribution in [0.4, 0.5) is 5.69 Å². The van der Waals surface area contributed by atoms with E-state index in [1.807, 2.05) is 20.8 Å². The monoisotopic (exact) mass is 565 g/mol. The van der Waals surface area contributed by atoms with Crippen LogP contribution in [-0.4, -0.2) is 36.6 Å². The van der Waals surface area contributed by atoms with Gasteiger partial charge in [0, 0.05) is 24.2 Å². The molecule has 3 aromatic carbocycles. The Balaban J connectivity index is 1.72. The summed E-state index contributed by atoms with van der Waals surface area (Å²) in [6.07, 6.45) is 3.57. The predicted octanol–water partition coefficient (Wildman–Crippen LogP) is 5.35. The second-order valence-corrected chi connectivity index (χ2v) is 13.5. The number of nitro benzene ring substituents is 1. The van der Waals surface area contributed by atoms with Crippen molar-refractivity contribution < 1.29 is 21.8 Å². The third-order valence-corrected chi connectivity index (χ3v) is 10.5. The summed E-state index contributed by atoms with van der Waals surface area (Å²) in [7, 11) is -8.23. The SMILES string of the molecule is CC(C)=C[C@@H]1c2cccc3c2c(cn3S(=O)(=O)c2ccc(C)cc2)CCN1S(=O)(=O)c1ccccc1[N+](=O)[O-]. The number of para-hydroxylation sites is 1. The van der Waals surface area contributed by atoms with Gasteiger partial charge in [0.2, 0.25) is 0 Å². The second kappa shape index (κ2) is 9.74. The van der Waals surface area contributed by atoms with Gasteiger partial charge in [-0.05, 0) is 62.6 Å². The first-order chi connectivity index (χ1) is 18.4. The molecule has 1 aromatic heterocycles. The Morgan fingerprint density at radius 2 is 1.64 bits per heavy atom. The normalized spacial score (nSPS) is 16.1. The molecule has 0 bridgehead atoms. The zero-order valence-corrected chi connectivity index (χ0v) is 23.2. The van der Waals surface area contributed by atoms with Gasteiger partial charge in [-0.3, -0.25) is 10.1 Å². The summed E-state index contributed by atoms with van der Waals surface area (Å²) < 4.78 is 57.8. The number of nitro groups is 1. The molecule has 1 aliphatic rings. The highest BCUT2D eigenvalue weighted by molar-refractivity contribution is 7.90. The molecule has 202 valence electrons. The Morgan fingerprint density at radius 3 is 2.31 bits per heavy atom. The van der Waals surface area contributed by atoms with Gasteiger partial charge >= 0.3 is 0 Å². The molecular formula is C28H27N3O6S2. The average Bonchev–Trinajstić information content (AvgIpc) is 3.20. The highest BCUT2D eigenvalue weighted by Gasteiger charge is 2.39. The molecule has 1 aliphatic heterocycles. The van der Waals surface area contributed by atoms with Crippen molar-refractivity contribution in [3.8, 4) is 0 Å². The number of benzene rings is 3. The van der Waals surface area contributed by atoms with Crippen LogP contribution < -0.4 is 0 Å². The van der Waals surface area contributed by atoms with Gasteiger partial charge in [0.15, 0.2) is 4.90 Å². The zero-order chi connectivity index (χ0) is 28.1. The molecule has 2 heterocycles. The van der Waals surface area contributed by atoms with Crippen molar-refractivity contribution in [2.45, 2.75) is 43.0 Å². The molecule has 11 heteroatoms. The number of hydrogen-bond donors (Lipinski definition) is 0. The Morgan fingerprint density at radius 1 is 0.949 bits per heavy atom. The fourth-order valence-electron chi connectivity index (χ4n) is 5.06. The first-order valence-corrected chi connectivity index (χ1v) is 15.2. The van der Waals surface area contributed by atoms with E-state index in [2.05, 4.69) is 0 Å². The highest BCUT2D eigenvalue weighted by atomic mass is 32.2. The van der Waals surface area contributed by atoms with Gasteiger partial charge in [-0.25, -0.2) is 20.8 Å². The van der Waals surface area contributed by atoms with E-state index in [9.17, 15) is 26.9 Å². The number of aryl methyl sites for hydroxylation is 1. The third-order valence-electron chi connectivity index (χ3n) is 6.85. The smallest absolute Gasteiger partial charge is 0.258 e. The fourth-order valence-corrected chi connectivity index (χ4v) is 8.16. The molecular weight excluding hydrogens is 538 g/mol. The zero-order valence-electron chi connectivity index (χ0n) is 21.6. The molecule has 5 rings (SSSR count). The molecule has 0 radical (unpaired) electrons. The van der Waals surface area contributed by atoms with E-state index >= 15 is 0 Å². The van der Waals surface area contributed by atoms with Crippen molar-refractivity contribution in [2.75, 3.05) is 6.54 Å². The minimum Gasteiger partial charge on any atom is -0.258 e. The van der Waals surface area contributed by atoms with E-state index in [1.165, 1.54) is 32.5 Å². The number of hydrogen-bond acceptors (Lipinski definition) is 6. The first-order valence-electron chi connectivity index (χ1n) is 12.3. The molecule has 0 saturated heterocycles. The van der Waals surface area contributed by atoms with Gasteiger partial charge in [-0.2, -0.15) is 4.31 Å². The van der Waals surface area contributed by atoms with Crippen LogP contribution in [0.25, 0.3) is 10.9 Å². The summed E-state index contributed by atoms with van der Waals surface area (Å²) in [5, 5.41) is 12.4. The minimum atomic E-state index is -4.31. The van der Waals surface area contributed by atoms with Gasteiger partial charge in [0.05, 0.1) is 21.4 Å². The molecule has 0 fully saturated rings. The number of aromatic nitrogens is 1. The van der Waals surface area contributed by atoms with Gasteiger partial charge in [-0.15, -0.1) is 0 Å². The van der Waals surface area contributed by atoms with Gasteiger partial charge in [0.1, 0.15) is 0 Å². The van der Waals surface area contributed by atoms with E-state index in [-0.39, 0.29) is 22.8 Å². The Hall–Kier alpha value is -3.80. The van der Waals surface area contributed by atoms with Crippen molar-refractivity contribution >= 4 is 36.6 Å². The largest absolute Gasteiger partial charge is 0.289 e. The Labute approximate surface area is 227 Å². The van der Waals surface area contributed by atoms with Crippen molar-refractivity contribution in [1.82, 2.24) is 8.28 Å². The molecule has 39 heavy (non-hydrogen) atoms. The molecule has 1 atom stereocenters. The van der Waals surface area contributed by atoms with Crippen molar-refractivity contribution in [3.05, 3.63) is 111 Å². The van der Waals surface area contributed by atoms with Crippen molar-refractivity contribution in [1.29, 1.82) is 0 Å². The lowest BCUT2D eigenvalue weighted by molar-refractivity contribution is -0.387. The molecule has 0 aliphatic carbocycles. The summed E-state index contributed by atoms with van der Waals surface area (Å²) in [5.74, 6) is 0. The van der Waals surface area contributed by atoms with Crippen LogP contribution in [0.15, 0.2) is 94.4 Å². The number of nitrogens with zero attached hydrogens (tertiary/aromatic N) is 3. The highest BCUT2D eigenvalue weighted by Crippen LogP contribution is 2.41. The van der Waals surface area contributed by atoms with E-state index < -0.39 is 36.7 Å². The summed E-state index contributed by atoms with van der Waals surface area (Å²) in [4.78, 5) is 10.8. The second-order valence-electron chi connectivity index (χ2n) is 9.79. The lowest BCUT2D eigenvalue weighted by Gasteiger charge is -2.28. The Bertz CT molecular complexity index is 1850. The first kappa shape index (κ1) is 26.8. The fraction of sp³-hybridized carbons (Fsp3) is 0.214. The lowest BCUT2D eigenvalue weighted by Crippen LogP contribution is -2.35. The van der Waals surface area contributed by atoms with Crippen molar-refractivity contribution in [2.24, 2.45) is 0 Å². The minimum absolute atomic E-state index is 0.00119. The molecule has 0 N–H and O–H groups in total. The van der Waals surface area contributed by atoms with Crippen LogP contribution in [0.1, 0.15) is 36.6 Å². The summed E-state index contributed by atoms with van der Waals surface area (Å²) in [6.45, 7) is 5.57. The van der Waals surface area contributed by atoms with Gasteiger partial charge in [0.25, 0.3) is 25.7 Å². The molecule has 0 spiro atoms. The maximum atomic E-state index is 14.0. The summed E-state index contributed by atoms with van der Waals surface area (Å²) in [5.41, 5.74) is 3.03. The lowest BCUT2D eigenvalue weighted by atomic mass is 9.99. The van der Waals surface area contributed by atoms with Crippen molar-refractivity contribution in [3.63, 3.8) is 0 Å². The van der Waals surface area contributed by atoms with Crippen LogP contribution in [0.5, 0.6) is 0 Å². The molecule has 9 nitrogen and oxygen atoms in total. The number of sulfonamides is 1. The van der Waals surface area contributed by atoms with E-state index in [0.717, 1.165) is 11.1 Å². The van der Waals surface area contributed by atoms with Crippen LogP contribution >= 0.6 is 0 Å². The number of allylic oxidation sites excluding steroid dienone is 1. The van der Waals surface area contributed by atoms with Crippen LogP contribution in [0.3, 0.4) is 0 Å². The van der Waals surface area contributed by atoms with Crippen LogP contribution in [0, 0.1) is 17.0 Å². The van der Waals surface area contributed by atoms with E-state index in [0.29, 0.717) is 22.0 Å². The number of rotatable bonds is 6. The van der Waals surface area contributed by atoms with E-state index in [1.54, 1.807) is 54.7 Å². The topological polar surface area (TPSA) is 120 Å². The van der Waals surface area contributed by atoms with E-state index in [4.69, 9.17) is 0 Å². The molecule has 0 saturated carbocycles. The van der Waals surface area contributed by atoms with Gasteiger partial charge in [-0.1, -0.05) is 53.6 Å². The van der Waals surface area contributed by atoms with Crippen LogP contribution in [-0.2, 0) is 26.5 Å². The summed E-state index contributed by atoms with van der Waals surface area (Å²) in [6, 6.07) is 16.3. The third kappa shape index (κ3) is 4.56. The maximum absolute atomic E-state index is 14.0. The van der Waals surface area contributed by atoms with Gasteiger partial charge < -0.3 is 0 Å². The molecule has 0 unspecified atom stereocenters. The standard InChI is InChI=1S/C28H27N3O6S2/c1-19(2)17-26-23-7-6-9-25-28(23)21(18-30(25)38(34,35)22-13-11-20(3)12-14-22)15-16-29(26)39(36,37)27-10-5-4-8-24(27)31(32)33/h4-14,17-18,26H,15-16H2,1-3H3/t26-/m1/s1. The van der Waals surface area contributed by atoms with Crippen LogP contribution in [0.2, 0.25) is 0 Å². The summed E-state index contributed by atoms with van der Waals surface area (Å²) >= 11 is 0. The maximum Gasteiger partial charge on any atom is 0.289 e. The molecule has 4 aromatic rings. The predicted molar refractivity (Wildman–Crippen MR) is 149 cm³/mol. The molecule has 0 amide bonds.